The van der Waals surface area contributed by atoms with Crippen LogP contribution >= 0.6 is 0 Å². The first-order chi connectivity index (χ1) is 8.18. The highest BCUT2D eigenvalue weighted by Gasteiger charge is 2.30. The second-order valence-electron chi connectivity index (χ2n) is 3.79. The molecule has 0 fully saturated rings. The van der Waals surface area contributed by atoms with E-state index in [4.69, 9.17) is 0 Å². The molecule has 0 aromatic heterocycles. The molecule has 0 aliphatic rings. The van der Waals surface area contributed by atoms with Gasteiger partial charge >= 0.3 is 0 Å². The second-order valence-corrected chi connectivity index (χ2v) is 3.79. The lowest BCUT2D eigenvalue weighted by molar-refractivity contribution is 0.0106. The number of hydrogen-bond donors (Lipinski definition) is 1. The van der Waals surface area contributed by atoms with Crippen molar-refractivity contribution < 1.29 is 8.78 Å². The van der Waals surface area contributed by atoms with Gasteiger partial charge < -0.3 is 5.32 Å². The number of alkyl halides is 2. The number of benzene rings is 2. The standard InChI is InChI=1S/C14H13F2N/c15-14(16,12-7-3-1-4-8-12)11-17-13-9-5-2-6-10-13/h1-10,17H,11H2. The molecule has 0 saturated carbocycles. The van der Waals surface area contributed by atoms with Crippen LogP contribution in [0.1, 0.15) is 5.56 Å². The van der Waals surface area contributed by atoms with Crippen molar-refractivity contribution in [1.82, 2.24) is 0 Å². The third-order valence-corrected chi connectivity index (χ3v) is 2.48. The van der Waals surface area contributed by atoms with E-state index in [0.717, 1.165) is 0 Å². The summed E-state index contributed by atoms with van der Waals surface area (Å²) in [6.45, 7) is -0.402. The monoisotopic (exact) mass is 233 g/mol. The predicted octanol–water partition coefficient (Wildman–Crippen LogP) is 3.89. The molecule has 0 unspecified atom stereocenters. The van der Waals surface area contributed by atoms with E-state index >= 15 is 0 Å². The maximum absolute atomic E-state index is 13.8. The fourth-order valence-corrected chi connectivity index (χ4v) is 1.55. The van der Waals surface area contributed by atoms with Gasteiger partial charge in [0.2, 0.25) is 0 Å². The summed E-state index contributed by atoms with van der Waals surface area (Å²) < 4.78 is 27.6. The average molecular weight is 233 g/mol. The van der Waals surface area contributed by atoms with Crippen LogP contribution in [-0.4, -0.2) is 6.54 Å². The molecule has 0 amide bonds. The minimum Gasteiger partial charge on any atom is -0.379 e. The molecule has 0 aliphatic carbocycles. The van der Waals surface area contributed by atoms with E-state index < -0.39 is 12.5 Å². The van der Waals surface area contributed by atoms with Crippen LogP contribution in [0.5, 0.6) is 0 Å². The van der Waals surface area contributed by atoms with Crippen molar-refractivity contribution in [2.45, 2.75) is 5.92 Å². The number of para-hydroxylation sites is 1. The zero-order valence-corrected chi connectivity index (χ0v) is 9.24. The van der Waals surface area contributed by atoms with Gasteiger partial charge in [-0.1, -0.05) is 48.5 Å². The highest BCUT2D eigenvalue weighted by Crippen LogP contribution is 2.27. The van der Waals surface area contributed by atoms with Gasteiger partial charge in [0.05, 0.1) is 6.54 Å². The Bertz CT molecular complexity index is 454. The first kappa shape index (κ1) is 11.6. The van der Waals surface area contributed by atoms with Crippen LogP contribution in [0.15, 0.2) is 60.7 Å². The molecule has 0 radical (unpaired) electrons. The number of hydrogen-bond acceptors (Lipinski definition) is 1. The minimum atomic E-state index is -2.86. The summed E-state index contributed by atoms with van der Waals surface area (Å²) in [5, 5.41) is 2.73. The summed E-state index contributed by atoms with van der Waals surface area (Å²) in [4.78, 5) is 0. The average Bonchev–Trinajstić information content (AvgIpc) is 2.39. The zero-order valence-electron chi connectivity index (χ0n) is 9.24. The Morgan fingerprint density at radius 1 is 0.824 bits per heavy atom. The van der Waals surface area contributed by atoms with Crippen LogP contribution < -0.4 is 5.32 Å². The molecule has 0 heterocycles. The van der Waals surface area contributed by atoms with Gasteiger partial charge in [0, 0.05) is 11.3 Å². The molecule has 3 heteroatoms. The van der Waals surface area contributed by atoms with E-state index in [-0.39, 0.29) is 5.56 Å². The zero-order chi connectivity index (χ0) is 12.1. The molecule has 17 heavy (non-hydrogen) atoms. The van der Waals surface area contributed by atoms with Crippen molar-refractivity contribution in [3.05, 3.63) is 66.2 Å². The Kier molecular flexibility index (Phi) is 3.38. The molecule has 2 aromatic carbocycles. The van der Waals surface area contributed by atoms with Crippen molar-refractivity contribution in [2.24, 2.45) is 0 Å². The molecule has 88 valence electrons. The minimum absolute atomic E-state index is 0.0310. The van der Waals surface area contributed by atoms with Crippen LogP contribution in [0.3, 0.4) is 0 Å². The molecule has 0 atom stereocenters. The lowest BCUT2D eigenvalue weighted by atomic mass is 10.1. The summed E-state index contributed by atoms with van der Waals surface area (Å²) in [6.07, 6.45) is 0. The molecule has 0 aliphatic heterocycles. The third-order valence-electron chi connectivity index (χ3n) is 2.48. The molecule has 0 bridgehead atoms. The van der Waals surface area contributed by atoms with Gasteiger partial charge in [0.15, 0.2) is 0 Å². The fourth-order valence-electron chi connectivity index (χ4n) is 1.55. The number of anilines is 1. The summed E-state index contributed by atoms with van der Waals surface area (Å²) >= 11 is 0. The predicted molar refractivity (Wildman–Crippen MR) is 65.3 cm³/mol. The van der Waals surface area contributed by atoms with Crippen molar-refractivity contribution >= 4 is 5.69 Å². The smallest absolute Gasteiger partial charge is 0.290 e. The van der Waals surface area contributed by atoms with E-state index in [0.29, 0.717) is 5.69 Å². The quantitative estimate of drug-likeness (QED) is 0.844. The van der Waals surface area contributed by atoms with Gasteiger partial charge in [-0.3, -0.25) is 0 Å². The van der Waals surface area contributed by atoms with Gasteiger partial charge in [0.1, 0.15) is 0 Å². The molecule has 1 N–H and O–H groups in total. The first-order valence-corrected chi connectivity index (χ1v) is 5.41. The van der Waals surface area contributed by atoms with E-state index in [2.05, 4.69) is 5.32 Å². The first-order valence-electron chi connectivity index (χ1n) is 5.41. The number of rotatable bonds is 4. The third kappa shape index (κ3) is 3.03. The molecule has 1 nitrogen and oxygen atoms in total. The van der Waals surface area contributed by atoms with Crippen LogP contribution in [0.2, 0.25) is 0 Å². The summed E-state index contributed by atoms with van der Waals surface area (Å²) in [6, 6.07) is 16.8. The summed E-state index contributed by atoms with van der Waals surface area (Å²) in [5.41, 5.74) is 0.728. The Morgan fingerprint density at radius 3 is 1.94 bits per heavy atom. The number of nitrogens with one attached hydrogen (secondary N) is 1. The topological polar surface area (TPSA) is 12.0 Å². The highest BCUT2D eigenvalue weighted by molar-refractivity contribution is 5.43. The van der Waals surface area contributed by atoms with Crippen molar-refractivity contribution in [3.8, 4) is 0 Å². The van der Waals surface area contributed by atoms with E-state index in [1.807, 2.05) is 18.2 Å². The molecule has 2 aromatic rings. The Morgan fingerprint density at radius 2 is 1.35 bits per heavy atom. The van der Waals surface area contributed by atoms with Gasteiger partial charge in [-0.15, -0.1) is 0 Å². The highest BCUT2D eigenvalue weighted by atomic mass is 19.3. The van der Waals surface area contributed by atoms with Crippen LogP contribution in [-0.2, 0) is 5.92 Å². The maximum atomic E-state index is 13.8. The fraction of sp³-hybridized carbons (Fsp3) is 0.143. The lowest BCUT2D eigenvalue weighted by Gasteiger charge is -2.18. The Balaban J connectivity index is 2.03. The van der Waals surface area contributed by atoms with Gasteiger partial charge in [-0.05, 0) is 12.1 Å². The molecular formula is C14H13F2N. The van der Waals surface area contributed by atoms with Crippen molar-refractivity contribution in [2.75, 3.05) is 11.9 Å². The van der Waals surface area contributed by atoms with E-state index in [1.165, 1.54) is 12.1 Å². The van der Waals surface area contributed by atoms with E-state index in [1.54, 1.807) is 30.3 Å². The van der Waals surface area contributed by atoms with Crippen LogP contribution in [0.4, 0.5) is 14.5 Å². The van der Waals surface area contributed by atoms with Gasteiger partial charge in [-0.2, -0.15) is 8.78 Å². The van der Waals surface area contributed by atoms with Crippen molar-refractivity contribution in [1.29, 1.82) is 0 Å². The summed E-state index contributed by atoms with van der Waals surface area (Å²) in [7, 11) is 0. The molecule has 0 spiro atoms. The van der Waals surface area contributed by atoms with Gasteiger partial charge in [-0.25, -0.2) is 0 Å². The van der Waals surface area contributed by atoms with Gasteiger partial charge in [0.25, 0.3) is 5.92 Å². The molecular weight excluding hydrogens is 220 g/mol. The normalized spacial score (nSPS) is 11.2. The summed E-state index contributed by atoms with van der Waals surface area (Å²) in [5.74, 6) is -2.86. The maximum Gasteiger partial charge on any atom is 0.290 e. The van der Waals surface area contributed by atoms with Crippen molar-refractivity contribution in [3.63, 3.8) is 0 Å². The van der Waals surface area contributed by atoms with Crippen LogP contribution in [0.25, 0.3) is 0 Å². The van der Waals surface area contributed by atoms with Crippen LogP contribution in [0, 0.1) is 0 Å². The molecule has 0 saturated heterocycles. The lowest BCUT2D eigenvalue weighted by Crippen LogP contribution is -2.24. The molecule has 2 rings (SSSR count). The Labute approximate surface area is 99.1 Å². The largest absolute Gasteiger partial charge is 0.379 e. The number of halogens is 2. The Hall–Kier alpha value is -1.90. The van der Waals surface area contributed by atoms with E-state index in [9.17, 15) is 8.78 Å². The SMILES string of the molecule is FC(F)(CNc1ccccc1)c1ccccc1. The second kappa shape index (κ2) is 4.95.